The molecule has 0 bridgehead atoms. The van der Waals surface area contributed by atoms with Crippen molar-refractivity contribution in [1.29, 1.82) is 0 Å². The Morgan fingerprint density at radius 3 is 2.61 bits per heavy atom. The number of ether oxygens (including phenoxy) is 3. The quantitative estimate of drug-likeness (QED) is 0.402. The van der Waals surface area contributed by atoms with Gasteiger partial charge >= 0.3 is 6.01 Å². The Labute approximate surface area is 243 Å². The average Bonchev–Trinajstić information content (AvgIpc) is 3.88. The van der Waals surface area contributed by atoms with Crippen LogP contribution in [0.15, 0.2) is 18.3 Å². The van der Waals surface area contributed by atoms with Crippen LogP contribution in [0.5, 0.6) is 11.8 Å². The van der Waals surface area contributed by atoms with Crippen LogP contribution in [0.4, 0.5) is 10.2 Å². The highest BCUT2D eigenvalue weighted by atomic mass is 35.5. The van der Waals surface area contributed by atoms with Crippen LogP contribution < -0.4 is 9.64 Å². The van der Waals surface area contributed by atoms with Gasteiger partial charge in [0.1, 0.15) is 22.8 Å². The molecular formula is C30H35ClFN5O4. The van der Waals surface area contributed by atoms with Crippen molar-refractivity contribution < 1.29 is 23.7 Å². The second kappa shape index (κ2) is 11.1. The number of aromatic nitrogens is 3. The summed E-state index contributed by atoms with van der Waals surface area (Å²) >= 11 is 6.53. The van der Waals surface area contributed by atoms with Gasteiger partial charge < -0.3 is 24.2 Å². The van der Waals surface area contributed by atoms with E-state index in [1.54, 1.807) is 12.3 Å². The first-order valence-corrected chi connectivity index (χ1v) is 15.0. The van der Waals surface area contributed by atoms with Gasteiger partial charge in [-0.1, -0.05) is 11.6 Å². The molecule has 3 aromatic rings. The van der Waals surface area contributed by atoms with Gasteiger partial charge in [-0.3, -0.25) is 9.88 Å². The van der Waals surface area contributed by atoms with Crippen molar-refractivity contribution in [2.75, 3.05) is 70.7 Å². The molecule has 2 saturated heterocycles. The van der Waals surface area contributed by atoms with Crippen LogP contribution in [0.1, 0.15) is 43.6 Å². The zero-order valence-corrected chi connectivity index (χ0v) is 23.8. The van der Waals surface area contributed by atoms with E-state index in [-0.39, 0.29) is 34.3 Å². The summed E-state index contributed by atoms with van der Waals surface area (Å²) in [6, 6.07) is 3.22. The predicted molar refractivity (Wildman–Crippen MR) is 153 cm³/mol. The molecule has 0 radical (unpaired) electrons. The minimum absolute atomic E-state index is 0.0253. The van der Waals surface area contributed by atoms with Gasteiger partial charge in [0.15, 0.2) is 5.82 Å². The summed E-state index contributed by atoms with van der Waals surface area (Å²) in [4.78, 5) is 18.5. The largest absolute Gasteiger partial charge is 0.508 e. The number of halogens is 2. The van der Waals surface area contributed by atoms with E-state index < -0.39 is 5.82 Å². The van der Waals surface area contributed by atoms with Crippen LogP contribution in [0, 0.1) is 11.2 Å². The fraction of sp³-hybridized carbons (Fsp3) is 0.567. The molecule has 1 N–H and O–H groups in total. The van der Waals surface area contributed by atoms with Crippen LogP contribution in [0.3, 0.4) is 0 Å². The lowest BCUT2D eigenvalue weighted by Crippen LogP contribution is -2.41. The summed E-state index contributed by atoms with van der Waals surface area (Å²) in [5.41, 5.74) is 1.66. The molecule has 0 spiro atoms. The fourth-order valence-electron chi connectivity index (χ4n) is 6.04. The molecule has 1 aromatic carbocycles. The highest BCUT2D eigenvalue weighted by Crippen LogP contribution is 2.49. The van der Waals surface area contributed by atoms with Crippen LogP contribution in [0.2, 0.25) is 5.02 Å². The van der Waals surface area contributed by atoms with Crippen molar-refractivity contribution in [3.8, 4) is 23.0 Å². The van der Waals surface area contributed by atoms with Crippen molar-refractivity contribution >= 4 is 28.3 Å². The smallest absolute Gasteiger partial charge is 0.319 e. The van der Waals surface area contributed by atoms with Gasteiger partial charge in [-0.15, -0.1) is 0 Å². The summed E-state index contributed by atoms with van der Waals surface area (Å²) in [7, 11) is 0. The van der Waals surface area contributed by atoms with E-state index in [0.717, 1.165) is 77.1 Å². The van der Waals surface area contributed by atoms with E-state index in [9.17, 15) is 5.11 Å². The monoisotopic (exact) mass is 583 g/mol. The highest BCUT2D eigenvalue weighted by Gasteiger charge is 2.45. The molecule has 0 atom stereocenters. The van der Waals surface area contributed by atoms with E-state index >= 15 is 4.39 Å². The number of hydrogen-bond acceptors (Lipinski definition) is 9. The lowest BCUT2D eigenvalue weighted by atomic mass is 9.98. The minimum Gasteiger partial charge on any atom is -0.508 e. The lowest BCUT2D eigenvalue weighted by molar-refractivity contribution is 0.0231. The lowest BCUT2D eigenvalue weighted by Gasteiger charge is -2.30. The van der Waals surface area contributed by atoms with Gasteiger partial charge in [0.25, 0.3) is 0 Å². The van der Waals surface area contributed by atoms with Crippen molar-refractivity contribution in [3.63, 3.8) is 0 Å². The van der Waals surface area contributed by atoms with E-state index in [4.69, 9.17) is 30.8 Å². The Hall–Kier alpha value is -2.79. The zero-order chi connectivity index (χ0) is 28.0. The highest BCUT2D eigenvalue weighted by molar-refractivity contribution is 6.32. The molecular weight excluding hydrogens is 549 g/mol. The maximum Gasteiger partial charge on any atom is 0.319 e. The Morgan fingerprint density at radius 1 is 1.05 bits per heavy atom. The van der Waals surface area contributed by atoms with Crippen molar-refractivity contribution in [2.45, 2.75) is 38.0 Å². The molecule has 2 aliphatic carbocycles. The van der Waals surface area contributed by atoms with E-state index in [1.807, 2.05) is 0 Å². The Balaban J connectivity index is 1.26. The normalized spacial score (nSPS) is 21.2. The summed E-state index contributed by atoms with van der Waals surface area (Å²) in [5, 5.41) is 11.3. The Bertz CT molecular complexity index is 1440. The number of benzene rings is 1. The molecule has 4 heterocycles. The SMILES string of the molecule is Oc1cc(Cl)c(C2CC2)c(-c2ncc3c(N4CCCOCC4)nc(OCC4(CN5CCOCC5)CC4)nc3c2F)c1. The number of pyridine rings is 1. The van der Waals surface area contributed by atoms with Gasteiger partial charge in [-0.2, -0.15) is 9.97 Å². The molecule has 0 unspecified atom stereocenters. The molecule has 4 aliphatic rings. The molecule has 2 aromatic heterocycles. The summed E-state index contributed by atoms with van der Waals surface area (Å²) < 4.78 is 33.9. The van der Waals surface area contributed by atoms with E-state index in [2.05, 4.69) is 19.8 Å². The van der Waals surface area contributed by atoms with Crippen molar-refractivity contribution in [3.05, 3.63) is 34.7 Å². The molecule has 7 rings (SSSR count). The zero-order valence-electron chi connectivity index (χ0n) is 23.1. The molecule has 218 valence electrons. The minimum atomic E-state index is -0.569. The number of morpholine rings is 1. The maximum absolute atomic E-state index is 16.5. The van der Waals surface area contributed by atoms with Gasteiger partial charge in [-0.05, 0) is 55.7 Å². The molecule has 4 fully saturated rings. The second-order valence-corrected chi connectivity index (χ2v) is 12.2. The maximum atomic E-state index is 16.5. The molecule has 41 heavy (non-hydrogen) atoms. The molecule has 2 aliphatic heterocycles. The van der Waals surface area contributed by atoms with Crippen molar-refractivity contribution in [2.24, 2.45) is 5.41 Å². The van der Waals surface area contributed by atoms with Gasteiger partial charge in [-0.25, -0.2) is 4.39 Å². The predicted octanol–water partition coefficient (Wildman–Crippen LogP) is 4.79. The second-order valence-electron chi connectivity index (χ2n) is 11.8. The number of anilines is 1. The summed E-state index contributed by atoms with van der Waals surface area (Å²) in [5.74, 6) is 0.235. The topological polar surface area (TPSA) is 93.1 Å². The van der Waals surface area contributed by atoms with Crippen LogP contribution in [-0.4, -0.2) is 90.7 Å². The van der Waals surface area contributed by atoms with Gasteiger partial charge in [0, 0.05) is 61.5 Å². The summed E-state index contributed by atoms with van der Waals surface area (Å²) in [6.07, 6.45) is 6.58. The number of aromatic hydroxyl groups is 1. The standard InChI is InChI=1S/C30H35ClFN5O4/c31-23-15-20(38)14-21(24(23)19-2-3-19)26-25(32)27-22(16-33-26)28(37-6-1-10-39-13-9-37)35-29(34-27)41-18-30(4-5-30)17-36-7-11-40-12-8-36/h14-16,19,38H,1-13,17-18H2. The Kier molecular flexibility index (Phi) is 7.35. The third-order valence-corrected chi connectivity index (χ3v) is 8.96. The number of phenols is 1. The number of nitrogens with zero attached hydrogens (tertiary/aromatic N) is 5. The number of hydrogen-bond donors (Lipinski definition) is 1. The average molecular weight is 584 g/mol. The summed E-state index contributed by atoms with van der Waals surface area (Å²) in [6.45, 7) is 7.39. The first-order valence-electron chi connectivity index (χ1n) is 14.6. The molecule has 2 saturated carbocycles. The van der Waals surface area contributed by atoms with Crippen LogP contribution >= 0.6 is 11.6 Å². The molecule has 9 nitrogen and oxygen atoms in total. The Morgan fingerprint density at radius 2 is 1.83 bits per heavy atom. The molecule has 0 amide bonds. The third-order valence-electron chi connectivity index (χ3n) is 8.65. The fourth-order valence-corrected chi connectivity index (χ4v) is 6.40. The van der Waals surface area contributed by atoms with Crippen molar-refractivity contribution in [1.82, 2.24) is 19.9 Å². The first-order chi connectivity index (χ1) is 20.0. The van der Waals surface area contributed by atoms with Crippen LogP contribution in [-0.2, 0) is 9.47 Å². The van der Waals surface area contributed by atoms with E-state index in [1.165, 1.54) is 6.07 Å². The number of phenolic OH excluding ortho intramolecular Hbond substituents is 1. The first kappa shape index (κ1) is 27.1. The number of fused-ring (bicyclic) bond motifs is 1. The van der Waals surface area contributed by atoms with E-state index in [0.29, 0.717) is 48.2 Å². The third kappa shape index (κ3) is 5.67. The van der Waals surface area contributed by atoms with Crippen LogP contribution in [0.25, 0.3) is 22.2 Å². The van der Waals surface area contributed by atoms with Gasteiger partial charge in [0.2, 0.25) is 0 Å². The number of rotatable bonds is 8. The van der Waals surface area contributed by atoms with Gasteiger partial charge in [0.05, 0.1) is 31.8 Å². The molecule has 11 heteroatoms.